The summed E-state index contributed by atoms with van der Waals surface area (Å²) in [6.07, 6.45) is 0. The Morgan fingerprint density at radius 2 is 1.67 bits per heavy atom. The van der Waals surface area contributed by atoms with Crippen LogP contribution in [0.5, 0.6) is 0 Å². The van der Waals surface area contributed by atoms with Gasteiger partial charge in [-0.2, -0.15) is 0 Å². The fourth-order valence-corrected chi connectivity index (χ4v) is 4.98. The van der Waals surface area contributed by atoms with Gasteiger partial charge in [0, 0.05) is 0 Å². The van der Waals surface area contributed by atoms with Gasteiger partial charge in [-0.15, -0.1) is 0 Å². The normalized spacial score (nSPS) is 14.3. The van der Waals surface area contributed by atoms with Crippen molar-refractivity contribution < 1.29 is 5.11 Å². The molecule has 1 atom stereocenters. The predicted octanol–water partition coefficient (Wildman–Crippen LogP) is 1.33. The predicted molar refractivity (Wildman–Crippen MR) is 55.1 cm³/mol. The van der Waals surface area contributed by atoms with Gasteiger partial charge in [0.2, 0.25) is 0 Å². The first-order chi connectivity index (χ1) is 5.54. The Morgan fingerprint density at radius 1 is 1.33 bits per heavy atom. The summed E-state index contributed by atoms with van der Waals surface area (Å²) in [5.74, 6) is -0.0489. The molecule has 0 saturated heterocycles. The lowest BCUT2D eigenvalue weighted by Gasteiger charge is -2.32. The SMILES string of the molecule is CC[Si](CC)(CC)C(O)C(=N)N. The molecule has 0 aliphatic carbocycles. The number of hydrogen-bond acceptors (Lipinski definition) is 2. The van der Waals surface area contributed by atoms with E-state index in [-0.39, 0.29) is 5.84 Å². The van der Waals surface area contributed by atoms with E-state index in [0.717, 1.165) is 18.1 Å². The molecule has 0 aliphatic heterocycles. The van der Waals surface area contributed by atoms with E-state index in [4.69, 9.17) is 11.1 Å². The molecule has 0 bridgehead atoms. The molecule has 0 fully saturated rings. The zero-order valence-corrected chi connectivity index (χ0v) is 9.22. The summed E-state index contributed by atoms with van der Waals surface area (Å²) >= 11 is 0. The van der Waals surface area contributed by atoms with E-state index >= 15 is 0 Å². The molecule has 4 heteroatoms. The summed E-state index contributed by atoms with van der Waals surface area (Å²) in [5, 5.41) is 17.0. The number of aliphatic hydroxyl groups is 1. The van der Waals surface area contributed by atoms with E-state index in [1.807, 2.05) is 0 Å². The second kappa shape index (κ2) is 4.62. The number of amidine groups is 1. The first kappa shape index (κ1) is 11.6. The summed E-state index contributed by atoms with van der Waals surface area (Å²) < 4.78 is 0. The molecule has 0 aromatic heterocycles. The number of aliphatic hydroxyl groups excluding tert-OH is 1. The van der Waals surface area contributed by atoms with Crippen LogP contribution in [0.4, 0.5) is 0 Å². The Hall–Kier alpha value is -0.353. The van der Waals surface area contributed by atoms with Crippen LogP contribution >= 0.6 is 0 Å². The Kier molecular flexibility index (Phi) is 4.48. The largest absolute Gasteiger partial charge is 0.389 e. The van der Waals surface area contributed by atoms with E-state index < -0.39 is 13.8 Å². The molecule has 1 unspecified atom stereocenters. The molecule has 0 amide bonds. The Labute approximate surface area is 75.5 Å². The quantitative estimate of drug-likeness (QED) is 0.346. The molecular formula is C8H20N2OSi. The van der Waals surface area contributed by atoms with Crippen molar-refractivity contribution >= 4 is 13.9 Å². The molecule has 0 rings (SSSR count). The van der Waals surface area contributed by atoms with Gasteiger partial charge >= 0.3 is 0 Å². The molecule has 72 valence electrons. The van der Waals surface area contributed by atoms with Crippen molar-refractivity contribution in [2.75, 3.05) is 0 Å². The average Bonchev–Trinajstić information content (AvgIpc) is 2.08. The van der Waals surface area contributed by atoms with Crippen molar-refractivity contribution in [3.63, 3.8) is 0 Å². The molecular weight excluding hydrogens is 168 g/mol. The van der Waals surface area contributed by atoms with Gasteiger partial charge in [0.1, 0.15) is 5.84 Å². The lowest BCUT2D eigenvalue weighted by molar-refractivity contribution is 0.302. The minimum atomic E-state index is -1.68. The van der Waals surface area contributed by atoms with Crippen molar-refractivity contribution in [3.8, 4) is 0 Å². The van der Waals surface area contributed by atoms with Crippen molar-refractivity contribution in [2.45, 2.75) is 44.6 Å². The van der Waals surface area contributed by atoms with Gasteiger partial charge < -0.3 is 10.8 Å². The van der Waals surface area contributed by atoms with Gasteiger partial charge in [0.25, 0.3) is 0 Å². The molecule has 0 radical (unpaired) electrons. The van der Waals surface area contributed by atoms with E-state index in [1.165, 1.54) is 0 Å². The van der Waals surface area contributed by atoms with Gasteiger partial charge in [0.05, 0.1) is 13.8 Å². The topological polar surface area (TPSA) is 70.1 Å². The summed E-state index contributed by atoms with van der Waals surface area (Å²) in [6, 6.07) is 3.00. The van der Waals surface area contributed by atoms with Crippen LogP contribution in [0.15, 0.2) is 0 Å². The molecule has 0 heterocycles. The fraction of sp³-hybridized carbons (Fsp3) is 0.875. The van der Waals surface area contributed by atoms with Crippen molar-refractivity contribution in [1.29, 1.82) is 5.41 Å². The highest BCUT2D eigenvalue weighted by atomic mass is 28.3. The van der Waals surface area contributed by atoms with Crippen LogP contribution in [0, 0.1) is 5.41 Å². The summed E-state index contributed by atoms with van der Waals surface area (Å²) in [7, 11) is -1.68. The summed E-state index contributed by atoms with van der Waals surface area (Å²) in [5.41, 5.74) is 4.68. The van der Waals surface area contributed by atoms with Gasteiger partial charge in [-0.05, 0) is 0 Å². The minimum absolute atomic E-state index is 0.0489. The highest BCUT2D eigenvalue weighted by molar-refractivity contribution is 6.83. The number of nitrogens with one attached hydrogen (secondary N) is 1. The molecule has 3 nitrogen and oxygen atoms in total. The Morgan fingerprint density at radius 3 is 1.75 bits per heavy atom. The average molecular weight is 188 g/mol. The highest BCUT2D eigenvalue weighted by Gasteiger charge is 2.36. The highest BCUT2D eigenvalue weighted by Crippen LogP contribution is 2.23. The van der Waals surface area contributed by atoms with Crippen molar-refractivity contribution in [3.05, 3.63) is 0 Å². The maximum Gasteiger partial charge on any atom is 0.116 e. The Bertz CT molecular complexity index is 149. The van der Waals surface area contributed by atoms with Crippen molar-refractivity contribution in [2.24, 2.45) is 5.73 Å². The van der Waals surface area contributed by atoms with Crippen molar-refractivity contribution in [1.82, 2.24) is 0 Å². The first-order valence-electron chi connectivity index (χ1n) is 4.56. The molecule has 0 aliphatic rings. The minimum Gasteiger partial charge on any atom is -0.389 e. The third-order valence-corrected chi connectivity index (χ3v) is 8.68. The fourth-order valence-electron chi connectivity index (χ4n) is 1.66. The summed E-state index contributed by atoms with van der Waals surface area (Å²) in [4.78, 5) is 0. The zero-order chi connectivity index (χ0) is 9.78. The molecule has 12 heavy (non-hydrogen) atoms. The van der Waals surface area contributed by atoms with E-state index in [0.29, 0.717) is 0 Å². The maximum absolute atomic E-state index is 9.75. The van der Waals surface area contributed by atoms with Gasteiger partial charge in [0.15, 0.2) is 0 Å². The summed E-state index contributed by atoms with van der Waals surface area (Å²) in [6.45, 7) is 6.27. The standard InChI is InChI=1S/C8H20N2OSi/c1-4-12(5-2,6-3)8(11)7(9)10/h8,11H,4-6H2,1-3H3,(H3,9,10). The van der Waals surface area contributed by atoms with Crippen LogP contribution < -0.4 is 5.73 Å². The van der Waals surface area contributed by atoms with Crippen LogP contribution in [0.3, 0.4) is 0 Å². The zero-order valence-electron chi connectivity index (χ0n) is 8.22. The third-order valence-electron chi connectivity index (χ3n) is 2.99. The van der Waals surface area contributed by atoms with Crippen LogP contribution in [-0.4, -0.2) is 24.7 Å². The van der Waals surface area contributed by atoms with Crippen LogP contribution in [0.1, 0.15) is 20.8 Å². The molecule has 0 spiro atoms. The smallest absolute Gasteiger partial charge is 0.116 e. The second-order valence-electron chi connectivity index (χ2n) is 3.28. The van der Waals surface area contributed by atoms with Gasteiger partial charge in [-0.25, -0.2) is 0 Å². The number of rotatable bonds is 5. The van der Waals surface area contributed by atoms with Gasteiger partial charge in [-0.3, -0.25) is 5.41 Å². The van der Waals surface area contributed by atoms with Crippen LogP contribution in [-0.2, 0) is 0 Å². The molecule has 0 saturated carbocycles. The monoisotopic (exact) mass is 188 g/mol. The second-order valence-corrected chi connectivity index (χ2v) is 8.67. The number of nitrogens with two attached hydrogens (primary N) is 1. The lowest BCUT2D eigenvalue weighted by atomic mass is 10.7. The first-order valence-corrected chi connectivity index (χ1v) is 7.25. The number of hydrogen-bond donors (Lipinski definition) is 3. The van der Waals surface area contributed by atoms with E-state index in [2.05, 4.69) is 20.8 Å². The molecule has 0 aromatic rings. The molecule has 4 N–H and O–H groups in total. The Balaban J connectivity index is 4.58. The maximum atomic E-state index is 9.75. The van der Waals surface area contributed by atoms with E-state index in [9.17, 15) is 5.11 Å². The van der Waals surface area contributed by atoms with Crippen LogP contribution in [0.25, 0.3) is 0 Å². The van der Waals surface area contributed by atoms with E-state index in [1.54, 1.807) is 0 Å². The van der Waals surface area contributed by atoms with Crippen LogP contribution in [0.2, 0.25) is 18.1 Å². The van der Waals surface area contributed by atoms with Gasteiger partial charge in [-0.1, -0.05) is 38.9 Å². The lowest BCUT2D eigenvalue weighted by Crippen LogP contribution is -2.52. The third kappa shape index (κ3) is 2.07. The molecule has 0 aromatic carbocycles.